The van der Waals surface area contributed by atoms with Gasteiger partial charge in [-0.2, -0.15) is 0 Å². The van der Waals surface area contributed by atoms with Crippen molar-refractivity contribution in [1.29, 1.82) is 0 Å². The van der Waals surface area contributed by atoms with Crippen LogP contribution in [0.15, 0.2) is 79.0 Å². The van der Waals surface area contributed by atoms with Crippen LogP contribution in [0.1, 0.15) is 30.0 Å². The van der Waals surface area contributed by atoms with Crippen molar-refractivity contribution in [3.05, 3.63) is 95.3 Å². The highest BCUT2D eigenvalue weighted by Gasteiger charge is 2.20. The second-order valence-electron chi connectivity index (χ2n) is 8.64. The number of likely N-dealkylation sites (tertiary alicyclic amines) is 1. The van der Waals surface area contributed by atoms with E-state index in [1.807, 2.05) is 36.5 Å². The van der Waals surface area contributed by atoms with Gasteiger partial charge in [0.25, 0.3) is 0 Å². The van der Waals surface area contributed by atoms with Gasteiger partial charge in [-0.3, -0.25) is 4.98 Å². The van der Waals surface area contributed by atoms with E-state index in [9.17, 15) is 0 Å². The zero-order valence-electron chi connectivity index (χ0n) is 18.3. The minimum Gasteiger partial charge on any atom is -0.487 e. The maximum Gasteiger partial charge on any atom is 0.130 e. The van der Waals surface area contributed by atoms with Crippen LogP contribution >= 0.6 is 11.6 Å². The lowest BCUT2D eigenvalue weighted by Crippen LogP contribution is -2.29. The summed E-state index contributed by atoms with van der Waals surface area (Å²) >= 11 is 6.02. The highest BCUT2D eigenvalue weighted by molar-refractivity contribution is 6.30. The van der Waals surface area contributed by atoms with Crippen molar-refractivity contribution < 1.29 is 4.74 Å². The van der Waals surface area contributed by atoms with Gasteiger partial charge in [0.05, 0.1) is 5.69 Å². The molecule has 1 aliphatic rings. The number of ether oxygens (including phenoxy) is 1. The summed E-state index contributed by atoms with van der Waals surface area (Å²) in [7, 11) is 2.21. The van der Waals surface area contributed by atoms with Crippen LogP contribution in [0.5, 0.6) is 5.75 Å². The number of benzene rings is 3. The number of pyridine rings is 1. The van der Waals surface area contributed by atoms with Gasteiger partial charge in [0.1, 0.15) is 12.4 Å². The Morgan fingerprint density at radius 2 is 1.75 bits per heavy atom. The highest BCUT2D eigenvalue weighted by atomic mass is 35.5. The Morgan fingerprint density at radius 1 is 0.938 bits per heavy atom. The van der Waals surface area contributed by atoms with Crippen LogP contribution in [0.4, 0.5) is 0 Å². The summed E-state index contributed by atoms with van der Waals surface area (Å²) in [6.45, 7) is 2.75. The Kier molecular flexibility index (Phi) is 6.11. The van der Waals surface area contributed by atoms with E-state index in [4.69, 9.17) is 16.3 Å². The van der Waals surface area contributed by atoms with Gasteiger partial charge in [0.15, 0.2) is 0 Å². The summed E-state index contributed by atoms with van der Waals surface area (Å²) in [4.78, 5) is 6.92. The second kappa shape index (κ2) is 9.32. The molecule has 162 valence electrons. The van der Waals surface area contributed by atoms with E-state index in [0.717, 1.165) is 40.7 Å². The molecule has 4 heteroatoms. The van der Waals surface area contributed by atoms with Gasteiger partial charge in [-0.15, -0.1) is 0 Å². The molecule has 4 aromatic rings. The SMILES string of the molecule is CN1CCC(c2cccc3ccc(OCc4cc(-c5ccc(Cl)cc5)ccn4)cc23)CC1. The van der Waals surface area contributed by atoms with Gasteiger partial charge in [0.2, 0.25) is 0 Å². The molecule has 2 heterocycles. The van der Waals surface area contributed by atoms with Gasteiger partial charge in [-0.05, 0) is 103 Å². The number of nitrogens with zero attached hydrogens (tertiary/aromatic N) is 2. The fourth-order valence-electron chi connectivity index (χ4n) is 4.58. The number of hydrogen-bond donors (Lipinski definition) is 0. The average molecular weight is 443 g/mol. The van der Waals surface area contributed by atoms with E-state index in [1.54, 1.807) is 0 Å². The minimum absolute atomic E-state index is 0.434. The molecule has 0 bridgehead atoms. The van der Waals surface area contributed by atoms with Crippen molar-refractivity contribution in [2.75, 3.05) is 20.1 Å². The van der Waals surface area contributed by atoms with Crippen LogP contribution in [0, 0.1) is 0 Å². The zero-order chi connectivity index (χ0) is 21.9. The topological polar surface area (TPSA) is 25.4 Å². The van der Waals surface area contributed by atoms with E-state index in [0.29, 0.717) is 12.5 Å². The van der Waals surface area contributed by atoms with Crippen molar-refractivity contribution in [2.24, 2.45) is 0 Å². The molecule has 3 nitrogen and oxygen atoms in total. The molecule has 1 fully saturated rings. The maximum atomic E-state index is 6.18. The van der Waals surface area contributed by atoms with Gasteiger partial charge in [-0.1, -0.05) is 48.0 Å². The number of rotatable bonds is 5. The number of piperidine rings is 1. The predicted octanol–water partition coefficient (Wildman–Crippen LogP) is 6.94. The van der Waals surface area contributed by atoms with Gasteiger partial charge in [-0.25, -0.2) is 0 Å². The molecule has 0 amide bonds. The van der Waals surface area contributed by atoms with Crippen LogP contribution in [0.3, 0.4) is 0 Å². The van der Waals surface area contributed by atoms with Crippen molar-refractivity contribution in [1.82, 2.24) is 9.88 Å². The number of aromatic nitrogens is 1. The number of fused-ring (bicyclic) bond motifs is 1. The number of hydrogen-bond acceptors (Lipinski definition) is 3. The van der Waals surface area contributed by atoms with E-state index in [-0.39, 0.29) is 0 Å². The van der Waals surface area contributed by atoms with Crippen molar-refractivity contribution in [3.8, 4) is 16.9 Å². The molecule has 0 unspecified atom stereocenters. The molecule has 0 atom stereocenters. The van der Waals surface area contributed by atoms with E-state index in [2.05, 4.69) is 59.4 Å². The Morgan fingerprint density at radius 3 is 2.56 bits per heavy atom. The van der Waals surface area contributed by atoms with Crippen molar-refractivity contribution >= 4 is 22.4 Å². The Labute approximate surface area is 194 Å². The molecule has 0 aliphatic carbocycles. The molecule has 0 saturated carbocycles. The third-order valence-electron chi connectivity index (χ3n) is 6.43. The molecule has 1 saturated heterocycles. The molecule has 32 heavy (non-hydrogen) atoms. The lowest BCUT2D eigenvalue weighted by molar-refractivity contribution is 0.256. The summed E-state index contributed by atoms with van der Waals surface area (Å²) < 4.78 is 6.18. The summed E-state index contributed by atoms with van der Waals surface area (Å²) in [5, 5.41) is 3.32. The van der Waals surface area contributed by atoms with E-state index >= 15 is 0 Å². The largest absolute Gasteiger partial charge is 0.487 e. The lowest BCUT2D eigenvalue weighted by Gasteiger charge is -2.30. The monoisotopic (exact) mass is 442 g/mol. The van der Waals surface area contributed by atoms with Gasteiger partial charge >= 0.3 is 0 Å². The second-order valence-corrected chi connectivity index (χ2v) is 9.08. The summed E-state index contributed by atoms with van der Waals surface area (Å²) in [6.07, 6.45) is 4.26. The molecule has 0 radical (unpaired) electrons. The number of halogens is 1. The first-order chi connectivity index (χ1) is 15.7. The maximum absolute atomic E-state index is 6.18. The molecular weight excluding hydrogens is 416 g/mol. The highest BCUT2D eigenvalue weighted by Crippen LogP contribution is 2.34. The predicted molar refractivity (Wildman–Crippen MR) is 132 cm³/mol. The standard InChI is InChI=1S/C28H27ClN2O/c1-31-15-12-22(13-16-31)27-4-2-3-21-7-10-26(18-28(21)27)32-19-25-17-23(11-14-30-25)20-5-8-24(29)9-6-20/h2-11,14,17-18,22H,12-13,15-16,19H2,1H3. The minimum atomic E-state index is 0.434. The Balaban J connectivity index is 1.35. The first kappa shape index (κ1) is 21.0. The quantitative estimate of drug-likeness (QED) is 0.334. The molecule has 0 N–H and O–H groups in total. The molecule has 5 rings (SSSR count). The molecule has 0 spiro atoms. The summed E-state index contributed by atoms with van der Waals surface area (Å²) in [5.41, 5.74) is 4.58. The smallest absolute Gasteiger partial charge is 0.130 e. The first-order valence-corrected chi connectivity index (χ1v) is 11.6. The molecular formula is C28H27ClN2O. The van der Waals surface area contributed by atoms with Crippen LogP contribution in [0.25, 0.3) is 21.9 Å². The third-order valence-corrected chi connectivity index (χ3v) is 6.68. The van der Waals surface area contributed by atoms with Crippen LogP contribution < -0.4 is 4.74 Å². The van der Waals surface area contributed by atoms with Crippen LogP contribution in [-0.2, 0) is 6.61 Å². The molecule has 1 aromatic heterocycles. The van der Waals surface area contributed by atoms with Crippen LogP contribution in [0.2, 0.25) is 5.02 Å². The Bertz CT molecular complexity index is 1210. The zero-order valence-corrected chi connectivity index (χ0v) is 19.1. The van der Waals surface area contributed by atoms with Crippen LogP contribution in [-0.4, -0.2) is 30.0 Å². The van der Waals surface area contributed by atoms with Gasteiger partial charge < -0.3 is 9.64 Å². The summed E-state index contributed by atoms with van der Waals surface area (Å²) in [6, 6.07) is 25.0. The van der Waals surface area contributed by atoms with Gasteiger partial charge in [0, 0.05) is 11.2 Å². The lowest BCUT2D eigenvalue weighted by atomic mass is 9.86. The van der Waals surface area contributed by atoms with E-state index in [1.165, 1.54) is 29.2 Å². The summed E-state index contributed by atoms with van der Waals surface area (Å²) in [5.74, 6) is 1.50. The Hall–Kier alpha value is -2.88. The normalized spacial score (nSPS) is 15.2. The molecule has 1 aliphatic heterocycles. The van der Waals surface area contributed by atoms with Crippen molar-refractivity contribution in [3.63, 3.8) is 0 Å². The molecule has 3 aromatic carbocycles. The fourth-order valence-corrected chi connectivity index (χ4v) is 4.70. The first-order valence-electron chi connectivity index (χ1n) is 11.2. The van der Waals surface area contributed by atoms with E-state index < -0.39 is 0 Å². The fraction of sp³-hybridized carbons (Fsp3) is 0.250. The average Bonchev–Trinajstić information content (AvgIpc) is 2.83. The van der Waals surface area contributed by atoms with Crippen molar-refractivity contribution in [2.45, 2.75) is 25.4 Å². The third kappa shape index (κ3) is 4.64.